The average Bonchev–Trinajstić information content (AvgIpc) is 2.74. The Kier molecular flexibility index (Phi) is 2.22. The molecule has 0 N–H and O–H groups in total. The maximum atomic E-state index is 12.8. The highest BCUT2D eigenvalue weighted by Gasteiger charge is 2.05. The van der Waals surface area contributed by atoms with E-state index in [0.29, 0.717) is 0 Å². The fourth-order valence-electron chi connectivity index (χ4n) is 1.83. The van der Waals surface area contributed by atoms with Gasteiger partial charge in [0.05, 0.1) is 0 Å². The average molecular weight is 228 g/mol. The molecule has 0 bridgehead atoms. The molecule has 3 rings (SSSR count). The van der Waals surface area contributed by atoms with Crippen LogP contribution in [-0.4, -0.2) is 0 Å². The lowest BCUT2D eigenvalue weighted by Crippen LogP contribution is -1.76. The highest BCUT2D eigenvalue weighted by molar-refractivity contribution is 7.17. The minimum absolute atomic E-state index is 0.191. The molecule has 0 nitrogen and oxygen atoms in total. The van der Waals surface area contributed by atoms with Gasteiger partial charge in [-0.05, 0) is 29.1 Å². The third-order valence-corrected chi connectivity index (χ3v) is 3.60. The van der Waals surface area contributed by atoms with E-state index in [2.05, 4.69) is 17.5 Å². The fraction of sp³-hybridized carbons (Fsp3) is 0. The monoisotopic (exact) mass is 228 g/mol. The second-order valence-electron chi connectivity index (χ2n) is 3.65. The van der Waals surface area contributed by atoms with Crippen molar-refractivity contribution in [2.24, 2.45) is 0 Å². The topological polar surface area (TPSA) is 0 Å². The molecule has 0 atom stereocenters. The summed E-state index contributed by atoms with van der Waals surface area (Å²) in [7, 11) is 0. The van der Waals surface area contributed by atoms with Crippen LogP contribution in [0.1, 0.15) is 0 Å². The second-order valence-corrected chi connectivity index (χ2v) is 4.56. The summed E-state index contributed by atoms with van der Waals surface area (Å²) < 4.78 is 14.1. The Balaban J connectivity index is 2.22. The van der Waals surface area contributed by atoms with E-state index in [9.17, 15) is 4.39 Å². The number of benzene rings is 2. The Morgan fingerprint density at radius 3 is 2.44 bits per heavy atom. The van der Waals surface area contributed by atoms with Crippen molar-refractivity contribution >= 4 is 21.4 Å². The first kappa shape index (κ1) is 9.55. The molecule has 1 heterocycles. The Morgan fingerprint density at radius 2 is 1.62 bits per heavy atom. The van der Waals surface area contributed by atoms with Crippen molar-refractivity contribution in [3.05, 3.63) is 59.7 Å². The SMILES string of the molecule is Fc1ccc(-c2csc3ccccc23)cc1. The third-order valence-electron chi connectivity index (χ3n) is 2.64. The van der Waals surface area contributed by atoms with Crippen molar-refractivity contribution in [3.8, 4) is 11.1 Å². The van der Waals surface area contributed by atoms with E-state index in [-0.39, 0.29) is 5.82 Å². The Hall–Kier alpha value is -1.67. The Labute approximate surface area is 97.0 Å². The molecule has 1 aromatic heterocycles. The van der Waals surface area contributed by atoms with Crippen LogP contribution < -0.4 is 0 Å². The zero-order valence-corrected chi connectivity index (χ0v) is 9.30. The van der Waals surface area contributed by atoms with Crippen LogP contribution in [0.5, 0.6) is 0 Å². The van der Waals surface area contributed by atoms with Gasteiger partial charge in [-0.15, -0.1) is 11.3 Å². The number of hydrogen-bond acceptors (Lipinski definition) is 1. The molecule has 0 amide bonds. The van der Waals surface area contributed by atoms with Crippen LogP contribution in [0, 0.1) is 5.82 Å². The Bertz CT molecular complexity index is 623. The van der Waals surface area contributed by atoms with Crippen molar-refractivity contribution in [1.82, 2.24) is 0 Å². The first-order valence-corrected chi connectivity index (χ1v) is 5.95. The molecule has 0 aliphatic heterocycles. The minimum atomic E-state index is -0.191. The van der Waals surface area contributed by atoms with Gasteiger partial charge in [-0.3, -0.25) is 0 Å². The van der Waals surface area contributed by atoms with Gasteiger partial charge in [-0.1, -0.05) is 30.3 Å². The first-order valence-electron chi connectivity index (χ1n) is 5.07. The molecule has 2 aromatic carbocycles. The summed E-state index contributed by atoms with van der Waals surface area (Å²) in [6.07, 6.45) is 0. The van der Waals surface area contributed by atoms with Crippen LogP contribution in [0.2, 0.25) is 0 Å². The standard InChI is InChI=1S/C14H9FS/c15-11-7-5-10(6-8-11)13-9-16-14-4-2-1-3-12(13)14/h1-9H. The van der Waals surface area contributed by atoms with Gasteiger partial charge in [-0.25, -0.2) is 4.39 Å². The lowest BCUT2D eigenvalue weighted by molar-refractivity contribution is 0.628. The van der Waals surface area contributed by atoms with Crippen LogP contribution >= 0.6 is 11.3 Å². The summed E-state index contributed by atoms with van der Waals surface area (Å²) in [6, 6.07) is 14.9. The molecule has 0 radical (unpaired) electrons. The van der Waals surface area contributed by atoms with Gasteiger partial charge >= 0.3 is 0 Å². The van der Waals surface area contributed by atoms with Gasteiger partial charge in [-0.2, -0.15) is 0 Å². The maximum absolute atomic E-state index is 12.8. The summed E-state index contributed by atoms with van der Waals surface area (Å²) in [5, 5.41) is 3.36. The Morgan fingerprint density at radius 1 is 0.875 bits per heavy atom. The molecular weight excluding hydrogens is 219 g/mol. The van der Waals surface area contributed by atoms with Gasteiger partial charge in [0.25, 0.3) is 0 Å². The lowest BCUT2D eigenvalue weighted by atomic mass is 10.1. The van der Waals surface area contributed by atoms with E-state index in [0.717, 1.165) is 5.56 Å². The molecule has 0 saturated carbocycles. The number of thiophene rings is 1. The van der Waals surface area contributed by atoms with Crippen molar-refractivity contribution in [2.75, 3.05) is 0 Å². The molecule has 0 spiro atoms. The molecule has 0 fully saturated rings. The van der Waals surface area contributed by atoms with E-state index >= 15 is 0 Å². The van der Waals surface area contributed by atoms with Crippen LogP contribution in [0.4, 0.5) is 4.39 Å². The molecule has 16 heavy (non-hydrogen) atoms. The number of hydrogen-bond donors (Lipinski definition) is 0. The van der Waals surface area contributed by atoms with Gasteiger partial charge in [0.2, 0.25) is 0 Å². The molecule has 2 heteroatoms. The summed E-state index contributed by atoms with van der Waals surface area (Å²) in [6.45, 7) is 0. The maximum Gasteiger partial charge on any atom is 0.123 e. The summed E-state index contributed by atoms with van der Waals surface area (Å²) >= 11 is 1.72. The van der Waals surface area contributed by atoms with E-state index in [1.54, 1.807) is 11.3 Å². The highest BCUT2D eigenvalue weighted by atomic mass is 32.1. The first-order chi connectivity index (χ1) is 7.84. The predicted molar refractivity (Wildman–Crippen MR) is 67.2 cm³/mol. The predicted octanol–water partition coefficient (Wildman–Crippen LogP) is 4.71. The van der Waals surface area contributed by atoms with E-state index in [4.69, 9.17) is 0 Å². The smallest absolute Gasteiger partial charge is 0.123 e. The number of rotatable bonds is 1. The van der Waals surface area contributed by atoms with Crippen LogP contribution in [-0.2, 0) is 0 Å². The van der Waals surface area contributed by atoms with Crippen molar-refractivity contribution in [3.63, 3.8) is 0 Å². The van der Waals surface area contributed by atoms with Gasteiger partial charge in [0.1, 0.15) is 5.82 Å². The number of fused-ring (bicyclic) bond motifs is 1. The van der Waals surface area contributed by atoms with Crippen molar-refractivity contribution < 1.29 is 4.39 Å². The normalized spacial score (nSPS) is 10.8. The zero-order chi connectivity index (χ0) is 11.0. The molecule has 0 aliphatic carbocycles. The fourth-order valence-corrected chi connectivity index (χ4v) is 2.80. The highest BCUT2D eigenvalue weighted by Crippen LogP contribution is 2.33. The van der Waals surface area contributed by atoms with E-state index in [1.165, 1.54) is 27.8 Å². The van der Waals surface area contributed by atoms with Gasteiger partial charge in [0.15, 0.2) is 0 Å². The number of halogens is 1. The lowest BCUT2D eigenvalue weighted by Gasteiger charge is -1.99. The van der Waals surface area contributed by atoms with Crippen molar-refractivity contribution in [2.45, 2.75) is 0 Å². The molecule has 78 valence electrons. The molecule has 0 aliphatic rings. The van der Waals surface area contributed by atoms with Crippen LogP contribution in [0.25, 0.3) is 21.2 Å². The quantitative estimate of drug-likeness (QED) is 0.566. The van der Waals surface area contributed by atoms with Crippen LogP contribution in [0.15, 0.2) is 53.9 Å². The molecule has 0 unspecified atom stereocenters. The second kappa shape index (κ2) is 3.72. The van der Waals surface area contributed by atoms with Gasteiger partial charge in [0, 0.05) is 15.6 Å². The largest absolute Gasteiger partial charge is 0.207 e. The zero-order valence-electron chi connectivity index (χ0n) is 8.48. The summed E-state index contributed by atoms with van der Waals surface area (Å²) in [5.74, 6) is -0.191. The van der Waals surface area contributed by atoms with Crippen LogP contribution in [0.3, 0.4) is 0 Å². The summed E-state index contributed by atoms with van der Waals surface area (Å²) in [4.78, 5) is 0. The van der Waals surface area contributed by atoms with Crippen molar-refractivity contribution in [1.29, 1.82) is 0 Å². The molecular formula is C14H9FS. The minimum Gasteiger partial charge on any atom is -0.207 e. The molecule has 0 saturated heterocycles. The summed E-state index contributed by atoms with van der Waals surface area (Å²) in [5.41, 5.74) is 2.25. The van der Waals surface area contributed by atoms with E-state index < -0.39 is 0 Å². The van der Waals surface area contributed by atoms with E-state index in [1.807, 2.05) is 24.3 Å². The van der Waals surface area contributed by atoms with Gasteiger partial charge < -0.3 is 0 Å². The molecule has 3 aromatic rings. The third kappa shape index (κ3) is 1.51.